The number of rotatable bonds is 6. The fourth-order valence-electron chi connectivity index (χ4n) is 4.21. The Kier molecular flexibility index (Phi) is 13.0. The molecule has 0 unspecified atom stereocenters. The van der Waals surface area contributed by atoms with Crippen molar-refractivity contribution in [2.24, 2.45) is 0 Å². The first kappa shape index (κ1) is 28.8. The van der Waals surface area contributed by atoms with Crippen LogP contribution in [-0.2, 0) is 6.54 Å². The molecule has 0 spiro atoms. The molecule has 2 nitrogen and oxygen atoms in total. The average Bonchev–Trinajstić information content (AvgIpc) is 3.17. The van der Waals surface area contributed by atoms with Crippen molar-refractivity contribution >= 4 is 28.4 Å². The average molecular weight is 469 g/mol. The van der Waals surface area contributed by atoms with Crippen LogP contribution in [0.15, 0.2) is 49.6 Å². The van der Waals surface area contributed by atoms with Crippen LogP contribution in [0.5, 0.6) is 0 Å². The van der Waals surface area contributed by atoms with Crippen molar-refractivity contribution in [3.05, 3.63) is 77.1 Å². The number of nitrogens with one attached hydrogen (secondary N) is 1. The molecule has 0 aliphatic heterocycles. The number of nitrogens with zero attached hydrogens (tertiary/aromatic N) is 1. The summed E-state index contributed by atoms with van der Waals surface area (Å²) in [6.45, 7) is 23.8. The van der Waals surface area contributed by atoms with E-state index in [4.69, 9.17) is 11.6 Å². The van der Waals surface area contributed by atoms with Crippen molar-refractivity contribution in [1.82, 2.24) is 9.88 Å². The van der Waals surface area contributed by atoms with Crippen LogP contribution in [-0.4, -0.2) is 10.6 Å². The molecule has 0 radical (unpaired) electrons. The molecule has 1 saturated carbocycles. The zero-order valence-electron chi connectivity index (χ0n) is 22.0. The van der Waals surface area contributed by atoms with E-state index in [0.29, 0.717) is 6.04 Å². The highest BCUT2D eigenvalue weighted by Gasteiger charge is 2.18. The molecule has 0 atom stereocenters. The number of hydrogen-bond acceptors (Lipinski definition) is 1. The lowest BCUT2D eigenvalue weighted by Gasteiger charge is -2.25. The maximum absolute atomic E-state index is 5.86. The minimum absolute atomic E-state index is 0.613. The van der Waals surface area contributed by atoms with Crippen LogP contribution < -0.4 is 5.32 Å². The van der Waals surface area contributed by atoms with E-state index in [1.807, 2.05) is 45.0 Å². The summed E-state index contributed by atoms with van der Waals surface area (Å²) in [5, 5.41) is 4.44. The summed E-state index contributed by atoms with van der Waals surface area (Å²) >= 11 is 5.86. The molecule has 1 heterocycles. The summed E-state index contributed by atoms with van der Waals surface area (Å²) in [7, 11) is 0. The second-order valence-corrected chi connectivity index (χ2v) is 8.87. The van der Waals surface area contributed by atoms with Crippen LogP contribution >= 0.6 is 11.6 Å². The zero-order valence-corrected chi connectivity index (χ0v) is 22.8. The van der Waals surface area contributed by atoms with Gasteiger partial charge in [0.15, 0.2) is 0 Å². The molecule has 0 saturated heterocycles. The van der Waals surface area contributed by atoms with E-state index in [-0.39, 0.29) is 0 Å². The van der Waals surface area contributed by atoms with Crippen LogP contribution in [0.25, 0.3) is 16.8 Å². The van der Waals surface area contributed by atoms with Crippen molar-refractivity contribution in [3.63, 3.8) is 0 Å². The van der Waals surface area contributed by atoms with Crippen molar-refractivity contribution in [1.29, 1.82) is 0 Å². The third-order valence-electron chi connectivity index (χ3n) is 6.16. The second-order valence-electron chi connectivity index (χ2n) is 8.46. The van der Waals surface area contributed by atoms with E-state index in [2.05, 4.69) is 62.9 Å². The van der Waals surface area contributed by atoms with Gasteiger partial charge in [-0.2, -0.15) is 0 Å². The predicted molar refractivity (Wildman–Crippen MR) is 151 cm³/mol. The van der Waals surface area contributed by atoms with Gasteiger partial charge in [0.25, 0.3) is 0 Å². The summed E-state index contributed by atoms with van der Waals surface area (Å²) in [6, 6.07) is 10.6. The Labute approximate surface area is 208 Å². The highest BCUT2D eigenvalue weighted by molar-refractivity contribution is 6.32. The van der Waals surface area contributed by atoms with E-state index in [1.165, 1.54) is 54.6 Å². The number of hydrogen-bond donors (Lipinski definition) is 1. The van der Waals surface area contributed by atoms with Crippen molar-refractivity contribution < 1.29 is 0 Å². The molecule has 33 heavy (non-hydrogen) atoms. The van der Waals surface area contributed by atoms with Gasteiger partial charge in [-0.25, -0.2) is 0 Å². The SMILES string of the molecule is C=C(C)c1ccccc1Cl.C=C(NC1CCCCC1)c1cc(/C(C)=C/C)n(CC)c1C.CC. The number of aromatic nitrogens is 1. The maximum Gasteiger partial charge on any atom is 0.0480 e. The molecule has 1 aromatic carbocycles. The molecule has 3 rings (SSSR count). The van der Waals surface area contributed by atoms with Gasteiger partial charge >= 0.3 is 0 Å². The molecule has 1 fully saturated rings. The Morgan fingerprint density at radius 1 is 1.09 bits per heavy atom. The lowest BCUT2D eigenvalue weighted by Crippen LogP contribution is -2.29. The molecule has 1 aromatic heterocycles. The molecule has 1 aliphatic carbocycles. The molecular weight excluding hydrogens is 424 g/mol. The predicted octanol–water partition coefficient (Wildman–Crippen LogP) is 9.53. The Bertz CT molecular complexity index is 927. The highest BCUT2D eigenvalue weighted by atomic mass is 35.5. The van der Waals surface area contributed by atoms with Gasteiger partial charge in [-0.05, 0) is 76.3 Å². The summed E-state index contributed by atoms with van der Waals surface area (Å²) in [5.74, 6) is 0. The number of allylic oxidation sites excluding steroid dienone is 3. The van der Waals surface area contributed by atoms with Gasteiger partial charge in [0, 0.05) is 40.3 Å². The van der Waals surface area contributed by atoms with Gasteiger partial charge in [0.1, 0.15) is 0 Å². The van der Waals surface area contributed by atoms with Crippen molar-refractivity contribution in [2.45, 2.75) is 93.2 Å². The topological polar surface area (TPSA) is 17.0 Å². The van der Waals surface area contributed by atoms with Crippen LogP contribution in [0, 0.1) is 6.92 Å². The van der Waals surface area contributed by atoms with E-state index in [1.54, 1.807) is 0 Å². The molecule has 2 aromatic rings. The third-order valence-corrected chi connectivity index (χ3v) is 6.49. The van der Waals surface area contributed by atoms with Gasteiger partial charge in [-0.15, -0.1) is 0 Å². The van der Waals surface area contributed by atoms with E-state index in [9.17, 15) is 0 Å². The summed E-state index contributed by atoms with van der Waals surface area (Å²) in [6.07, 6.45) is 8.84. The van der Waals surface area contributed by atoms with Crippen LogP contribution in [0.3, 0.4) is 0 Å². The normalized spacial score (nSPS) is 13.9. The molecule has 0 bridgehead atoms. The highest BCUT2D eigenvalue weighted by Crippen LogP contribution is 2.27. The van der Waals surface area contributed by atoms with Gasteiger partial charge in [0.05, 0.1) is 0 Å². The molecule has 1 aliphatic rings. The van der Waals surface area contributed by atoms with E-state index >= 15 is 0 Å². The minimum Gasteiger partial charge on any atom is -0.382 e. The first-order valence-corrected chi connectivity index (χ1v) is 12.9. The monoisotopic (exact) mass is 468 g/mol. The standard InChI is InChI=1S/C19H30N2.C9H9Cl.C2H6/c1-6-14(3)19-13-18(16(5)21(19)7-2)15(4)20-17-11-9-8-10-12-17;1-7(2)8-5-3-4-6-9(8)10;1-2/h6,13,17,20H,4,7-12H2,1-3,5H3;3-6H,1H2,2H3;1-2H3/b14-6+;;. The lowest BCUT2D eigenvalue weighted by molar-refractivity contribution is 0.409. The van der Waals surface area contributed by atoms with E-state index < -0.39 is 0 Å². The Morgan fingerprint density at radius 3 is 2.18 bits per heavy atom. The fraction of sp³-hybridized carbons (Fsp3) is 0.467. The van der Waals surface area contributed by atoms with Crippen molar-refractivity contribution in [2.75, 3.05) is 0 Å². The first-order chi connectivity index (χ1) is 15.8. The molecular formula is C30H45ClN2. The number of halogens is 1. The van der Waals surface area contributed by atoms with E-state index in [0.717, 1.165) is 28.4 Å². The zero-order chi connectivity index (χ0) is 25.0. The van der Waals surface area contributed by atoms with Gasteiger partial charge in [-0.1, -0.05) is 82.1 Å². The minimum atomic E-state index is 0.613. The van der Waals surface area contributed by atoms with Crippen LogP contribution in [0.1, 0.15) is 96.2 Å². The molecule has 0 amide bonds. The largest absolute Gasteiger partial charge is 0.382 e. The smallest absolute Gasteiger partial charge is 0.0480 e. The van der Waals surface area contributed by atoms with Gasteiger partial charge < -0.3 is 9.88 Å². The first-order valence-electron chi connectivity index (χ1n) is 12.5. The van der Waals surface area contributed by atoms with Gasteiger partial charge in [-0.3, -0.25) is 0 Å². The molecule has 3 heteroatoms. The Morgan fingerprint density at radius 2 is 1.70 bits per heavy atom. The molecule has 1 N–H and O–H groups in total. The van der Waals surface area contributed by atoms with Gasteiger partial charge in [0.2, 0.25) is 0 Å². The van der Waals surface area contributed by atoms with Crippen molar-refractivity contribution in [3.8, 4) is 0 Å². The summed E-state index contributed by atoms with van der Waals surface area (Å²) < 4.78 is 2.39. The fourth-order valence-corrected chi connectivity index (χ4v) is 4.51. The number of benzene rings is 1. The summed E-state index contributed by atoms with van der Waals surface area (Å²) in [5.41, 5.74) is 8.38. The molecule has 182 valence electrons. The summed E-state index contributed by atoms with van der Waals surface area (Å²) in [4.78, 5) is 0. The maximum atomic E-state index is 5.86. The van der Waals surface area contributed by atoms with Crippen LogP contribution in [0.4, 0.5) is 0 Å². The second kappa shape index (κ2) is 14.9. The Hall–Kier alpha value is -2.19. The quantitative estimate of drug-likeness (QED) is 0.446. The third kappa shape index (κ3) is 8.27. The lowest BCUT2D eigenvalue weighted by atomic mass is 9.95. The Balaban J connectivity index is 0.000000380. The van der Waals surface area contributed by atoms with Crippen LogP contribution in [0.2, 0.25) is 5.02 Å².